The molecule has 0 spiro atoms. The van der Waals surface area contributed by atoms with Crippen LogP contribution in [0.5, 0.6) is 5.75 Å². The van der Waals surface area contributed by atoms with Crippen LogP contribution in [0.25, 0.3) is 0 Å². The Morgan fingerprint density at radius 3 is 2.77 bits per heavy atom. The highest BCUT2D eigenvalue weighted by Crippen LogP contribution is 2.23. The third-order valence-electron chi connectivity index (χ3n) is 4.29. The first-order valence-corrected chi connectivity index (χ1v) is 7.80. The Bertz CT molecular complexity index is 498. The summed E-state index contributed by atoms with van der Waals surface area (Å²) in [4.78, 5) is 2.15. The molecule has 1 aromatic rings. The van der Waals surface area contributed by atoms with Crippen LogP contribution < -0.4 is 4.74 Å². The van der Waals surface area contributed by atoms with E-state index in [0.29, 0.717) is 23.8 Å². The van der Waals surface area contributed by atoms with Gasteiger partial charge in [-0.05, 0) is 49.6 Å². The van der Waals surface area contributed by atoms with Crippen molar-refractivity contribution in [1.29, 1.82) is 5.26 Å². The van der Waals surface area contributed by atoms with Crippen LogP contribution in [0.1, 0.15) is 25.3 Å². The molecule has 5 nitrogen and oxygen atoms in total. The topological polar surface area (TPSA) is 76.7 Å². The van der Waals surface area contributed by atoms with Gasteiger partial charge in [0.15, 0.2) is 0 Å². The molecule has 1 fully saturated rings. The molecular weight excluding hydrogens is 280 g/mol. The van der Waals surface area contributed by atoms with Crippen molar-refractivity contribution in [2.45, 2.75) is 31.9 Å². The van der Waals surface area contributed by atoms with Crippen molar-refractivity contribution in [2.75, 3.05) is 26.3 Å². The molecule has 1 heterocycles. The molecule has 1 saturated heterocycles. The van der Waals surface area contributed by atoms with Crippen molar-refractivity contribution in [3.05, 3.63) is 29.8 Å². The summed E-state index contributed by atoms with van der Waals surface area (Å²) in [6.07, 6.45) is 1.62. The highest BCUT2D eigenvalue weighted by atomic mass is 16.5. The van der Waals surface area contributed by atoms with E-state index < -0.39 is 6.10 Å². The third-order valence-corrected chi connectivity index (χ3v) is 4.29. The van der Waals surface area contributed by atoms with Gasteiger partial charge in [-0.3, -0.25) is 4.90 Å². The molecule has 22 heavy (non-hydrogen) atoms. The maximum absolute atomic E-state index is 10.2. The van der Waals surface area contributed by atoms with Gasteiger partial charge in [0, 0.05) is 12.6 Å². The predicted molar refractivity (Wildman–Crippen MR) is 83.5 cm³/mol. The summed E-state index contributed by atoms with van der Waals surface area (Å²) >= 11 is 0. The molecule has 3 unspecified atom stereocenters. The van der Waals surface area contributed by atoms with Crippen LogP contribution in [0.2, 0.25) is 0 Å². The second kappa shape index (κ2) is 8.14. The fourth-order valence-corrected chi connectivity index (χ4v) is 3.00. The van der Waals surface area contributed by atoms with Crippen molar-refractivity contribution >= 4 is 0 Å². The molecule has 0 saturated carbocycles. The van der Waals surface area contributed by atoms with Crippen LogP contribution >= 0.6 is 0 Å². The molecule has 1 aromatic carbocycles. The first kappa shape index (κ1) is 16.8. The van der Waals surface area contributed by atoms with Crippen LogP contribution in [0.3, 0.4) is 0 Å². The fourth-order valence-electron chi connectivity index (χ4n) is 3.00. The standard InChI is InChI=1S/C17H24N2O3/c1-13-3-2-8-19(17(13)11-20)10-15(21)12-22-16-6-4-14(9-18)5-7-16/h4-7,13,15,17,20-21H,2-3,8,10-12H2,1H3. The Labute approximate surface area is 131 Å². The normalized spacial score (nSPS) is 23.7. The molecule has 0 aliphatic carbocycles. The number of aliphatic hydroxyl groups excluding tert-OH is 2. The van der Waals surface area contributed by atoms with Crippen molar-refractivity contribution in [3.63, 3.8) is 0 Å². The molecule has 0 amide bonds. The Balaban J connectivity index is 1.81. The van der Waals surface area contributed by atoms with Crippen molar-refractivity contribution in [2.24, 2.45) is 5.92 Å². The minimum Gasteiger partial charge on any atom is -0.491 e. The first-order valence-electron chi connectivity index (χ1n) is 7.80. The number of hydrogen-bond donors (Lipinski definition) is 2. The number of nitrogens with zero attached hydrogens (tertiary/aromatic N) is 2. The zero-order chi connectivity index (χ0) is 15.9. The summed E-state index contributed by atoms with van der Waals surface area (Å²) < 4.78 is 5.56. The predicted octanol–water partition coefficient (Wildman–Crippen LogP) is 1.39. The van der Waals surface area contributed by atoms with Gasteiger partial charge in [0.1, 0.15) is 18.5 Å². The molecule has 2 rings (SSSR count). The maximum Gasteiger partial charge on any atom is 0.119 e. The lowest BCUT2D eigenvalue weighted by Crippen LogP contribution is -2.50. The SMILES string of the molecule is CC1CCCN(CC(O)COc2ccc(C#N)cc2)C1CO. The lowest BCUT2D eigenvalue weighted by Gasteiger charge is -2.39. The summed E-state index contributed by atoms with van der Waals surface area (Å²) in [5.41, 5.74) is 0.584. The minimum atomic E-state index is -0.602. The number of hydrogen-bond acceptors (Lipinski definition) is 5. The molecule has 1 aliphatic heterocycles. The van der Waals surface area contributed by atoms with Gasteiger partial charge in [-0.15, -0.1) is 0 Å². The van der Waals surface area contributed by atoms with Crippen LogP contribution in [-0.4, -0.2) is 53.6 Å². The van der Waals surface area contributed by atoms with E-state index in [2.05, 4.69) is 17.9 Å². The van der Waals surface area contributed by atoms with Gasteiger partial charge in [-0.2, -0.15) is 5.26 Å². The van der Waals surface area contributed by atoms with E-state index in [-0.39, 0.29) is 19.3 Å². The van der Waals surface area contributed by atoms with Gasteiger partial charge in [0.25, 0.3) is 0 Å². The average molecular weight is 304 g/mol. The third kappa shape index (κ3) is 4.44. The number of likely N-dealkylation sites (tertiary alicyclic amines) is 1. The number of aliphatic hydroxyl groups is 2. The zero-order valence-electron chi connectivity index (χ0n) is 13.0. The Morgan fingerprint density at radius 2 is 2.14 bits per heavy atom. The molecule has 2 N–H and O–H groups in total. The molecular formula is C17H24N2O3. The summed E-state index contributed by atoms with van der Waals surface area (Å²) in [7, 11) is 0. The van der Waals surface area contributed by atoms with E-state index in [9.17, 15) is 10.2 Å². The molecule has 1 aliphatic rings. The van der Waals surface area contributed by atoms with Crippen LogP contribution in [0.4, 0.5) is 0 Å². The minimum absolute atomic E-state index is 0.123. The summed E-state index contributed by atoms with van der Waals surface area (Å²) in [6, 6.07) is 9.01. The highest BCUT2D eigenvalue weighted by Gasteiger charge is 2.29. The number of nitriles is 1. The van der Waals surface area contributed by atoms with E-state index in [1.165, 1.54) is 0 Å². The molecule has 0 bridgehead atoms. The van der Waals surface area contributed by atoms with Crippen LogP contribution in [0, 0.1) is 17.2 Å². The Hall–Kier alpha value is -1.61. The first-order chi connectivity index (χ1) is 10.6. The van der Waals surface area contributed by atoms with Crippen LogP contribution in [0.15, 0.2) is 24.3 Å². The second-order valence-electron chi connectivity index (χ2n) is 5.97. The van der Waals surface area contributed by atoms with E-state index in [1.54, 1.807) is 24.3 Å². The number of piperidine rings is 1. The second-order valence-corrected chi connectivity index (χ2v) is 5.97. The lowest BCUT2D eigenvalue weighted by atomic mass is 9.91. The molecule has 3 atom stereocenters. The quantitative estimate of drug-likeness (QED) is 0.830. The maximum atomic E-state index is 10.2. The lowest BCUT2D eigenvalue weighted by molar-refractivity contribution is 0.00377. The summed E-state index contributed by atoms with van der Waals surface area (Å²) in [5.74, 6) is 1.09. The van der Waals surface area contributed by atoms with Gasteiger partial charge >= 0.3 is 0 Å². The Kier molecular flexibility index (Phi) is 6.20. The summed E-state index contributed by atoms with van der Waals surface area (Å²) in [6.45, 7) is 3.89. The number of rotatable bonds is 6. The molecule has 0 radical (unpaired) electrons. The van der Waals surface area contributed by atoms with Gasteiger partial charge in [-0.1, -0.05) is 6.92 Å². The van der Waals surface area contributed by atoms with E-state index in [1.807, 2.05) is 0 Å². The van der Waals surface area contributed by atoms with Gasteiger partial charge in [-0.25, -0.2) is 0 Å². The smallest absolute Gasteiger partial charge is 0.119 e. The van der Waals surface area contributed by atoms with Crippen LogP contribution in [-0.2, 0) is 0 Å². The zero-order valence-corrected chi connectivity index (χ0v) is 13.0. The van der Waals surface area contributed by atoms with E-state index in [4.69, 9.17) is 10.00 Å². The van der Waals surface area contributed by atoms with Gasteiger partial charge in [0.2, 0.25) is 0 Å². The molecule has 5 heteroatoms. The largest absolute Gasteiger partial charge is 0.491 e. The highest BCUT2D eigenvalue weighted by molar-refractivity contribution is 5.34. The van der Waals surface area contributed by atoms with Crippen molar-refractivity contribution in [3.8, 4) is 11.8 Å². The Morgan fingerprint density at radius 1 is 1.41 bits per heavy atom. The molecule has 120 valence electrons. The van der Waals surface area contributed by atoms with Crippen molar-refractivity contribution in [1.82, 2.24) is 4.90 Å². The monoisotopic (exact) mass is 304 g/mol. The number of β-amino-alcohol motifs (C(OH)–C–C–N with tert-alkyl or cyclic N) is 1. The fraction of sp³-hybridized carbons (Fsp3) is 0.588. The molecule has 0 aromatic heterocycles. The summed E-state index contributed by atoms with van der Waals surface area (Å²) in [5, 5.41) is 28.4. The van der Waals surface area contributed by atoms with E-state index >= 15 is 0 Å². The number of benzene rings is 1. The van der Waals surface area contributed by atoms with Gasteiger partial charge < -0.3 is 14.9 Å². The number of ether oxygens (including phenoxy) is 1. The van der Waals surface area contributed by atoms with Gasteiger partial charge in [0.05, 0.1) is 18.2 Å². The van der Waals surface area contributed by atoms with Crippen molar-refractivity contribution < 1.29 is 14.9 Å². The average Bonchev–Trinajstić information content (AvgIpc) is 2.53. The van der Waals surface area contributed by atoms with E-state index in [0.717, 1.165) is 19.4 Å².